The highest BCUT2D eigenvalue weighted by Crippen LogP contribution is 2.30. The third-order valence-electron chi connectivity index (χ3n) is 5.75. The van der Waals surface area contributed by atoms with Crippen molar-refractivity contribution in [2.24, 2.45) is 5.92 Å². The second kappa shape index (κ2) is 11.6. The molecule has 3 N–H and O–H groups in total. The fraction of sp³-hybridized carbons (Fsp3) is 0.667. The second-order valence-electron chi connectivity index (χ2n) is 8.92. The van der Waals surface area contributed by atoms with Crippen molar-refractivity contribution < 1.29 is 34.4 Å². The van der Waals surface area contributed by atoms with Crippen LogP contribution in [0.4, 0.5) is 0 Å². The van der Waals surface area contributed by atoms with E-state index in [-0.39, 0.29) is 5.92 Å². The summed E-state index contributed by atoms with van der Waals surface area (Å²) in [5.74, 6) is -2.16. The van der Waals surface area contributed by atoms with Crippen molar-refractivity contribution in [3.63, 3.8) is 0 Å². The van der Waals surface area contributed by atoms with Crippen molar-refractivity contribution in [1.82, 2.24) is 0 Å². The van der Waals surface area contributed by atoms with E-state index in [0.29, 0.717) is 43.3 Å². The summed E-state index contributed by atoms with van der Waals surface area (Å²) in [5.41, 5.74) is 2.20. The Morgan fingerprint density at radius 1 is 1.23 bits per heavy atom. The molecule has 0 radical (unpaired) electrons. The van der Waals surface area contributed by atoms with Gasteiger partial charge in [0, 0.05) is 17.6 Å². The molecular weight excluding hydrogens is 400 g/mol. The Morgan fingerprint density at radius 2 is 1.97 bits per heavy atom. The molecule has 0 amide bonds. The lowest BCUT2D eigenvalue weighted by molar-refractivity contribution is -0.183. The summed E-state index contributed by atoms with van der Waals surface area (Å²) in [5, 5.41) is 29.7. The minimum atomic E-state index is -1.46. The zero-order valence-corrected chi connectivity index (χ0v) is 18.8. The summed E-state index contributed by atoms with van der Waals surface area (Å²) >= 11 is 0. The molecule has 0 aliphatic carbocycles. The Bertz CT molecular complexity index is 736. The first kappa shape index (κ1) is 25.3. The summed E-state index contributed by atoms with van der Waals surface area (Å²) < 4.78 is 9.69. The number of ether oxygens (including phenoxy) is 2. The first-order chi connectivity index (χ1) is 14.6. The number of carbonyl (C=O) groups excluding carboxylic acids is 2. The lowest BCUT2D eigenvalue weighted by atomic mass is 9.94. The highest BCUT2D eigenvalue weighted by Gasteiger charge is 2.37. The van der Waals surface area contributed by atoms with Crippen LogP contribution in [0.5, 0.6) is 0 Å². The molecule has 4 atom stereocenters. The highest BCUT2D eigenvalue weighted by atomic mass is 16.7. The predicted octanol–water partition coefficient (Wildman–Crippen LogP) is 3.43. The summed E-state index contributed by atoms with van der Waals surface area (Å²) in [7, 11) is 0. The minimum absolute atomic E-state index is 0.225. The standard InChI is InChI=1S/C24H36O7/c1-16(7-4-9-17(2)14-24(29)15-18(3)22(27)31-24)8-5-11-20(25)12-6-10-19-13-21(26)30-23(19)28/h8,13,15,17,20-21,25-26,29H,4-7,9-12,14H2,1-3H3. The molecule has 2 heterocycles. The number of cyclic esters (lactones) is 2. The van der Waals surface area contributed by atoms with Crippen LogP contribution < -0.4 is 0 Å². The number of allylic oxidation sites excluding steroid dienone is 2. The van der Waals surface area contributed by atoms with E-state index in [9.17, 15) is 24.9 Å². The Kier molecular flexibility index (Phi) is 9.47. The smallest absolute Gasteiger partial charge is 0.336 e. The minimum Gasteiger partial charge on any atom is -0.429 e. The maximum atomic E-state index is 11.5. The van der Waals surface area contributed by atoms with Crippen LogP contribution in [0.2, 0.25) is 0 Å². The van der Waals surface area contributed by atoms with Crippen molar-refractivity contribution in [2.75, 3.05) is 0 Å². The Morgan fingerprint density at radius 3 is 2.58 bits per heavy atom. The van der Waals surface area contributed by atoms with Crippen molar-refractivity contribution in [3.05, 3.63) is 34.9 Å². The number of hydrogen-bond donors (Lipinski definition) is 3. The number of esters is 2. The van der Waals surface area contributed by atoms with Gasteiger partial charge in [-0.2, -0.15) is 0 Å². The molecular formula is C24H36O7. The van der Waals surface area contributed by atoms with Crippen LogP contribution in [0.1, 0.15) is 78.6 Å². The molecule has 7 heteroatoms. The fourth-order valence-corrected chi connectivity index (χ4v) is 4.04. The summed E-state index contributed by atoms with van der Waals surface area (Å²) in [6.45, 7) is 5.77. The molecule has 2 aliphatic rings. The summed E-state index contributed by atoms with van der Waals surface area (Å²) in [6.07, 6.45) is 10.0. The van der Waals surface area contributed by atoms with Crippen molar-refractivity contribution in [2.45, 2.75) is 96.7 Å². The van der Waals surface area contributed by atoms with Gasteiger partial charge in [-0.1, -0.05) is 25.0 Å². The SMILES string of the molecule is CC(=CCCC(O)CCCC1=CC(O)OC1=O)CCCC(C)CC1(O)C=C(C)C(=O)O1. The van der Waals surface area contributed by atoms with Gasteiger partial charge >= 0.3 is 11.9 Å². The molecule has 0 saturated heterocycles. The molecule has 2 rings (SSSR count). The van der Waals surface area contributed by atoms with E-state index in [1.54, 1.807) is 6.92 Å². The van der Waals surface area contributed by atoms with E-state index < -0.39 is 30.1 Å². The molecule has 0 saturated carbocycles. The largest absolute Gasteiger partial charge is 0.429 e. The van der Waals surface area contributed by atoms with Gasteiger partial charge in [-0.3, -0.25) is 0 Å². The average molecular weight is 437 g/mol. The third-order valence-corrected chi connectivity index (χ3v) is 5.75. The topological polar surface area (TPSA) is 113 Å². The Labute approximate surface area is 184 Å². The van der Waals surface area contributed by atoms with Crippen LogP contribution in [0.25, 0.3) is 0 Å². The van der Waals surface area contributed by atoms with E-state index in [2.05, 4.69) is 17.7 Å². The molecule has 31 heavy (non-hydrogen) atoms. The van der Waals surface area contributed by atoms with Crippen LogP contribution in [0, 0.1) is 5.92 Å². The van der Waals surface area contributed by atoms with Gasteiger partial charge in [0.05, 0.1) is 6.10 Å². The third kappa shape index (κ3) is 8.59. The second-order valence-corrected chi connectivity index (χ2v) is 8.92. The molecule has 0 aromatic rings. The zero-order valence-electron chi connectivity index (χ0n) is 18.8. The predicted molar refractivity (Wildman–Crippen MR) is 115 cm³/mol. The number of aliphatic hydroxyl groups excluding tert-OH is 2. The molecule has 0 aromatic heterocycles. The summed E-state index contributed by atoms with van der Waals surface area (Å²) in [6, 6.07) is 0. The maximum Gasteiger partial charge on any atom is 0.336 e. The maximum absolute atomic E-state index is 11.5. The van der Waals surface area contributed by atoms with Gasteiger partial charge in [0.1, 0.15) is 0 Å². The fourth-order valence-electron chi connectivity index (χ4n) is 4.04. The lowest BCUT2D eigenvalue weighted by Crippen LogP contribution is -2.30. The van der Waals surface area contributed by atoms with E-state index >= 15 is 0 Å². The number of rotatable bonds is 13. The van der Waals surface area contributed by atoms with Gasteiger partial charge in [0.2, 0.25) is 12.1 Å². The zero-order chi connectivity index (χ0) is 23.0. The molecule has 0 bridgehead atoms. The van der Waals surface area contributed by atoms with Gasteiger partial charge < -0.3 is 24.8 Å². The summed E-state index contributed by atoms with van der Waals surface area (Å²) in [4.78, 5) is 22.9. The molecule has 0 fully saturated rings. The number of carbonyl (C=O) groups is 2. The van der Waals surface area contributed by atoms with E-state index in [4.69, 9.17) is 4.74 Å². The number of aliphatic hydroxyl groups is 3. The average Bonchev–Trinajstić information content (AvgIpc) is 3.11. The van der Waals surface area contributed by atoms with Crippen molar-refractivity contribution in [1.29, 1.82) is 0 Å². The molecule has 0 spiro atoms. The van der Waals surface area contributed by atoms with E-state index in [1.165, 1.54) is 17.7 Å². The highest BCUT2D eigenvalue weighted by molar-refractivity contribution is 5.91. The van der Waals surface area contributed by atoms with E-state index in [1.807, 2.05) is 6.92 Å². The van der Waals surface area contributed by atoms with Crippen LogP contribution in [-0.4, -0.2) is 45.4 Å². The first-order valence-electron chi connectivity index (χ1n) is 11.2. The first-order valence-corrected chi connectivity index (χ1v) is 11.2. The Balaban J connectivity index is 1.56. The molecule has 4 unspecified atom stereocenters. The van der Waals surface area contributed by atoms with Crippen molar-refractivity contribution >= 4 is 11.9 Å². The lowest BCUT2D eigenvalue weighted by Gasteiger charge is -2.23. The van der Waals surface area contributed by atoms with Crippen LogP contribution in [0.15, 0.2) is 34.9 Å². The normalized spacial score (nSPS) is 25.7. The van der Waals surface area contributed by atoms with Crippen molar-refractivity contribution in [3.8, 4) is 0 Å². The van der Waals surface area contributed by atoms with Crippen LogP contribution in [0.3, 0.4) is 0 Å². The quantitative estimate of drug-likeness (QED) is 0.299. The van der Waals surface area contributed by atoms with Gasteiger partial charge in [0.25, 0.3) is 0 Å². The monoisotopic (exact) mass is 436 g/mol. The van der Waals surface area contributed by atoms with E-state index in [0.717, 1.165) is 25.7 Å². The van der Waals surface area contributed by atoms with Gasteiger partial charge in [-0.15, -0.1) is 0 Å². The molecule has 174 valence electrons. The molecule has 2 aliphatic heterocycles. The van der Waals surface area contributed by atoms with Gasteiger partial charge in [0.15, 0.2) is 0 Å². The van der Waals surface area contributed by atoms with Crippen LogP contribution >= 0.6 is 0 Å². The Hall–Kier alpha value is -1.96. The van der Waals surface area contributed by atoms with Gasteiger partial charge in [-0.25, -0.2) is 9.59 Å². The van der Waals surface area contributed by atoms with Gasteiger partial charge in [-0.05, 0) is 76.9 Å². The number of hydrogen-bond acceptors (Lipinski definition) is 7. The molecule has 0 aromatic carbocycles. The van der Waals surface area contributed by atoms with Crippen LogP contribution in [-0.2, 0) is 19.1 Å². The molecule has 7 nitrogen and oxygen atoms in total.